The maximum atomic E-state index is 13.0. The van der Waals surface area contributed by atoms with Crippen LogP contribution in [0.2, 0.25) is 0 Å². The van der Waals surface area contributed by atoms with Gasteiger partial charge >= 0.3 is 0 Å². The molecule has 35 heavy (non-hydrogen) atoms. The van der Waals surface area contributed by atoms with Gasteiger partial charge in [-0.15, -0.1) is 0 Å². The van der Waals surface area contributed by atoms with Gasteiger partial charge in [0.25, 0.3) is 0 Å². The molecule has 1 amide bonds. The molecule has 5 rings (SSSR count). The van der Waals surface area contributed by atoms with Crippen molar-refractivity contribution in [2.45, 2.75) is 39.0 Å². The van der Waals surface area contributed by atoms with Gasteiger partial charge in [-0.1, -0.05) is 18.6 Å². The lowest BCUT2D eigenvalue weighted by Gasteiger charge is -2.36. The molecule has 0 atom stereocenters. The zero-order valence-corrected chi connectivity index (χ0v) is 20.6. The number of carbonyl (C=O) groups excluding carboxylic acids is 2. The third kappa shape index (κ3) is 5.56. The van der Waals surface area contributed by atoms with Crippen molar-refractivity contribution in [1.29, 1.82) is 0 Å². The van der Waals surface area contributed by atoms with Crippen molar-refractivity contribution in [2.24, 2.45) is 5.92 Å². The summed E-state index contributed by atoms with van der Waals surface area (Å²) in [5.74, 6) is 0.677. The van der Waals surface area contributed by atoms with E-state index in [-0.39, 0.29) is 18.2 Å². The van der Waals surface area contributed by atoms with Crippen LogP contribution in [-0.4, -0.2) is 70.7 Å². The van der Waals surface area contributed by atoms with E-state index in [4.69, 9.17) is 0 Å². The summed E-state index contributed by atoms with van der Waals surface area (Å²) < 4.78 is 0. The minimum Gasteiger partial charge on any atom is -0.376 e. The number of fused-ring (bicyclic) bond motifs is 1. The number of hydrogen-bond donors (Lipinski definition) is 2. The molecule has 7 heteroatoms. The monoisotopic (exact) mass is 473 g/mol. The zero-order valence-electron chi connectivity index (χ0n) is 20.6. The number of rotatable bonds is 7. The molecule has 0 radical (unpaired) electrons. The molecule has 184 valence electrons. The molecule has 2 N–H and O–H groups in total. The summed E-state index contributed by atoms with van der Waals surface area (Å²) in [5, 5.41) is 4.31. The van der Waals surface area contributed by atoms with Crippen LogP contribution < -0.4 is 5.32 Å². The average Bonchev–Trinajstić information content (AvgIpc) is 3.28. The number of aryl methyl sites for hydroxylation is 1. The quantitative estimate of drug-likeness (QED) is 0.502. The highest BCUT2D eigenvalue weighted by atomic mass is 16.2. The van der Waals surface area contributed by atoms with Crippen molar-refractivity contribution in [2.75, 3.05) is 44.6 Å². The molecular formula is C28H35N5O2. The number of piperidine rings is 2. The Hall–Kier alpha value is -3.19. The fraction of sp³-hybridized carbons (Fsp3) is 0.464. The van der Waals surface area contributed by atoms with E-state index in [1.54, 1.807) is 18.3 Å². The van der Waals surface area contributed by atoms with E-state index < -0.39 is 0 Å². The Balaban J connectivity index is 1.13. The number of H-pyrrole nitrogens is 1. The second kappa shape index (κ2) is 10.6. The second-order valence-corrected chi connectivity index (χ2v) is 10.0. The number of ketones is 1. The molecular weight excluding hydrogens is 438 g/mol. The minimum absolute atomic E-state index is 0.110. The number of nitrogens with zero attached hydrogens (tertiary/aromatic N) is 3. The zero-order chi connectivity index (χ0) is 24.2. The third-order valence-corrected chi connectivity index (χ3v) is 7.52. The predicted molar refractivity (Wildman–Crippen MR) is 139 cm³/mol. The number of aromatic nitrogens is 2. The number of hydrogen-bond acceptors (Lipinski definition) is 5. The number of amides is 1. The lowest BCUT2D eigenvalue weighted by molar-refractivity contribution is -0.130. The van der Waals surface area contributed by atoms with Crippen LogP contribution in [0.4, 0.5) is 5.69 Å². The molecule has 2 saturated heterocycles. The Morgan fingerprint density at radius 3 is 2.66 bits per heavy atom. The highest BCUT2D eigenvalue weighted by molar-refractivity contribution is 6.09. The van der Waals surface area contributed by atoms with Gasteiger partial charge in [0.15, 0.2) is 0 Å². The van der Waals surface area contributed by atoms with Crippen molar-refractivity contribution in [3.63, 3.8) is 0 Å². The number of carbonyl (C=O) groups is 2. The van der Waals surface area contributed by atoms with E-state index in [1.807, 2.05) is 36.2 Å². The number of pyridine rings is 1. The van der Waals surface area contributed by atoms with Crippen molar-refractivity contribution in [3.8, 4) is 0 Å². The third-order valence-electron chi connectivity index (χ3n) is 7.52. The Labute approximate surface area is 206 Å². The molecule has 7 nitrogen and oxygen atoms in total. The molecule has 0 aliphatic carbocycles. The topological polar surface area (TPSA) is 81.3 Å². The highest BCUT2D eigenvalue weighted by Crippen LogP contribution is 2.22. The Bertz CT molecular complexity index is 1190. The molecule has 0 saturated carbocycles. The van der Waals surface area contributed by atoms with Gasteiger partial charge in [-0.25, -0.2) is 0 Å². The maximum absolute atomic E-state index is 13.0. The molecule has 2 fully saturated rings. The van der Waals surface area contributed by atoms with E-state index in [0.717, 1.165) is 48.1 Å². The average molecular weight is 474 g/mol. The van der Waals surface area contributed by atoms with Gasteiger partial charge in [-0.05, 0) is 75.4 Å². The van der Waals surface area contributed by atoms with Crippen molar-refractivity contribution in [1.82, 2.24) is 19.8 Å². The van der Waals surface area contributed by atoms with Crippen LogP contribution in [0.25, 0.3) is 10.9 Å². The Morgan fingerprint density at radius 1 is 1.06 bits per heavy atom. The lowest BCUT2D eigenvalue weighted by atomic mass is 9.95. The van der Waals surface area contributed by atoms with E-state index in [0.29, 0.717) is 17.2 Å². The summed E-state index contributed by atoms with van der Waals surface area (Å²) in [6.07, 6.45) is 9.74. The Kier molecular flexibility index (Phi) is 7.13. The van der Waals surface area contributed by atoms with E-state index in [9.17, 15) is 9.59 Å². The number of benzene rings is 1. The van der Waals surface area contributed by atoms with E-state index >= 15 is 0 Å². The number of anilines is 1. The van der Waals surface area contributed by atoms with Gasteiger partial charge in [0.2, 0.25) is 11.7 Å². The van der Waals surface area contributed by atoms with Crippen molar-refractivity contribution < 1.29 is 9.59 Å². The van der Waals surface area contributed by atoms with Crippen LogP contribution in [0.3, 0.4) is 0 Å². The standard InChI is InChI=1S/C28H35N5O2/c1-20-17-31-25-15-22(5-6-24(20)25)28(35)26-16-23(7-10-29-26)30-18-27(34)33-13-8-21(9-14-33)19-32-11-3-2-4-12-32/h5-7,10,15-17,21,31H,2-4,8-9,11-14,18-19H2,1H3,(H,29,30). The molecule has 0 spiro atoms. The first-order valence-electron chi connectivity index (χ1n) is 12.9. The molecule has 4 heterocycles. The first-order valence-corrected chi connectivity index (χ1v) is 12.9. The van der Waals surface area contributed by atoms with Gasteiger partial charge in [-0.3, -0.25) is 14.6 Å². The maximum Gasteiger partial charge on any atom is 0.241 e. The molecule has 0 unspecified atom stereocenters. The second-order valence-electron chi connectivity index (χ2n) is 10.0. The molecule has 2 aliphatic heterocycles. The fourth-order valence-corrected chi connectivity index (χ4v) is 5.39. The van der Waals surface area contributed by atoms with Crippen molar-refractivity contribution in [3.05, 3.63) is 59.5 Å². The lowest BCUT2D eigenvalue weighted by Crippen LogP contribution is -2.44. The van der Waals surface area contributed by atoms with Crippen LogP contribution in [0.15, 0.2) is 42.7 Å². The highest BCUT2D eigenvalue weighted by Gasteiger charge is 2.24. The molecule has 0 bridgehead atoms. The van der Waals surface area contributed by atoms with Gasteiger partial charge in [0.1, 0.15) is 5.69 Å². The van der Waals surface area contributed by atoms with Gasteiger partial charge in [0.05, 0.1) is 6.54 Å². The van der Waals surface area contributed by atoms with E-state index in [2.05, 4.69) is 20.2 Å². The van der Waals surface area contributed by atoms with Gasteiger partial charge in [0, 0.05) is 54.2 Å². The van der Waals surface area contributed by atoms with Gasteiger partial charge < -0.3 is 20.1 Å². The first-order chi connectivity index (χ1) is 17.1. The van der Waals surface area contributed by atoms with Crippen LogP contribution in [0.1, 0.15) is 53.7 Å². The summed E-state index contributed by atoms with van der Waals surface area (Å²) in [5.41, 5.74) is 3.77. The smallest absolute Gasteiger partial charge is 0.241 e. The van der Waals surface area contributed by atoms with Crippen molar-refractivity contribution >= 4 is 28.3 Å². The van der Waals surface area contributed by atoms with Crippen LogP contribution in [-0.2, 0) is 4.79 Å². The molecule has 3 aromatic rings. The number of likely N-dealkylation sites (tertiary alicyclic amines) is 2. The Morgan fingerprint density at radius 2 is 1.86 bits per heavy atom. The van der Waals surface area contributed by atoms with Crippen LogP contribution in [0.5, 0.6) is 0 Å². The summed E-state index contributed by atoms with van der Waals surface area (Å²) in [4.78, 5) is 37.9. The first kappa shape index (κ1) is 23.5. The summed E-state index contributed by atoms with van der Waals surface area (Å²) in [6, 6.07) is 9.19. The number of aromatic amines is 1. The number of nitrogens with one attached hydrogen (secondary N) is 2. The van der Waals surface area contributed by atoms with Crippen LogP contribution >= 0.6 is 0 Å². The predicted octanol–water partition coefficient (Wildman–Crippen LogP) is 4.24. The largest absolute Gasteiger partial charge is 0.376 e. The summed E-state index contributed by atoms with van der Waals surface area (Å²) in [7, 11) is 0. The van der Waals surface area contributed by atoms with E-state index in [1.165, 1.54) is 38.9 Å². The summed E-state index contributed by atoms with van der Waals surface area (Å²) >= 11 is 0. The minimum atomic E-state index is -0.134. The van der Waals surface area contributed by atoms with Crippen LogP contribution in [0, 0.1) is 12.8 Å². The molecule has 1 aromatic carbocycles. The SMILES string of the molecule is Cc1c[nH]c2cc(C(=O)c3cc(NCC(=O)N4CCC(CN5CCCCC5)CC4)ccn3)ccc12. The molecule has 2 aromatic heterocycles. The molecule has 2 aliphatic rings. The normalized spacial score (nSPS) is 17.6. The van der Waals surface area contributed by atoms with Gasteiger partial charge in [-0.2, -0.15) is 0 Å². The fourth-order valence-electron chi connectivity index (χ4n) is 5.39. The summed E-state index contributed by atoms with van der Waals surface area (Å²) in [6.45, 7) is 7.59.